The number of carbonyl (C=O) groups is 1. The van der Waals surface area contributed by atoms with E-state index >= 15 is 0 Å². The second kappa shape index (κ2) is 6.36. The van der Waals surface area contributed by atoms with Gasteiger partial charge in [0.2, 0.25) is 5.91 Å². The first-order chi connectivity index (χ1) is 11.8. The zero-order valence-electron chi connectivity index (χ0n) is 15.0. The zero-order valence-corrected chi connectivity index (χ0v) is 15.0. The van der Waals surface area contributed by atoms with Crippen LogP contribution in [0.4, 0.5) is 11.4 Å². The van der Waals surface area contributed by atoms with Crippen molar-refractivity contribution in [3.63, 3.8) is 0 Å². The Balaban J connectivity index is 2.25. The number of nitrogens with zero attached hydrogens (tertiary/aromatic N) is 4. The van der Waals surface area contributed by atoms with Gasteiger partial charge in [0.05, 0.1) is 22.4 Å². The molecule has 1 aliphatic heterocycles. The molecule has 1 amide bonds. The van der Waals surface area contributed by atoms with Crippen molar-refractivity contribution < 1.29 is 4.79 Å². The number of fused-ring (bicyclic) bond motifs is 1. The molecule has 1 aromatic carbocycles. The topological polar surface area (TPSA) is 79.6 Å². The SMILES string of the molecule is CC(=O)Nc1cc2c(cc1N1CCN(C)CC1)n(C)c(=O)c(=O)n2C. The standard InChI is InChI=1S/C17H23N5O3/c1-11(23)18-12-9-14-15(21(4)17(25)16(24)20(14)3)10-13(12)22-7-5-19(2)6-8-22/h9-10H,5-8H2,1-4H3,(H,18,23). The van der Waals surface area contributed by atoms with Gasteiger partial charge in [-0.2, -0.15) is 0 Å². The van der Waals surface area contributed by atoms with Crippen molar-refractivity contribution in [1.82, 2.24) is 14.0 Å². The Labute approximate surface area is 145 Å². The van der Waals surface area contributed by atoms with Gasteiger partial charge in [-0.25, -0.2) is 0 Å². The quantitative estimate of drug-likeness (QED) is 0.772. The maximum atomic E-state index is 12.1. The van der Waals surface area contributed by atoms with Crippen molar-refractivity contribution in [1.29, 1.82) is 0 Å². The van der Waals surface area contributed by atoms with E-state index in [2.05, 4.69) is 22.2 Å². The molecule has 8 nitrogen and oxygen atoms in total. The third kappa shape index (κ3) is 3.05. The highest BCUT2D eigenvalue weighted by molar-refractivity contribution is 5.97. The van der Waals surface area contributed by atoms with E-state index in [0.29, 0.717) is 16.7 Å². The van der Waals surface area contributed by atoms with E-state index in [1.54, 1.807) is 20.2 Å². The summed E-state index contributed by atoms with van der Waals surface area (Å²) in [4.78, 5) is 40.3. The van der Waals surface area contributed by atoms with Crippen LogP contribution in [0.5, 0.6) is 0 Å². The molecule has 0 unspecified atom stereocenters. The molecule has 1 N–H and O–H groups in total. The van der Waals surface area contributed by atoms with Gasteiger partial charge >= 0.3 is 11.1 Å². The first-order valence-corrected chi connectivity index (χ1v) is 8.24. The van der Waals surface area contributed by atoms with E-state index in [-0.39, 0.29) is 5.91 Å². The number of carbonyl (C=O) groups excluding carboxylic acids is 1. The summed E-state index contributed by atoms with van der Waals surface area (Å²) in [7, 11) is 5.24. The predicted octanol–water partition coefficient (Wildman–Crippen LogP) is -0.0526. The second-order valence-corrected chi connectivity index (χ2v) is 6.56. The predicted molar refractivity (Wildman–Crippen MR) is 98.4 cm³/mol. The lowest BCUT2D eigenvalue weighted by atomic mass is 10.1. The molecule has 25 heavy (non-hydrogen) atoms. The molecule has 1 aliphatic rings. The summed E-state index contributed by atoms with van der Waals surface area (Å²) in [6.45, 7) is 4.95. The molecular formula is C17H23N5O3. The summed E-state index contributed by atoms with van der Waals surface area (Å²) in [5.74, 6) is -0.176. The van der Waals surface area contributed by atoms with Gasteiger partial charge < -0.3 is 24.3 Å². The van der Waals surface area contributed by atoms with Gasteiger partial charge in [-0.05, 0) is 19.2 Å². The molecule has 134 valence electrons. The van der Waals surface area contributed by atoms with E-state index in [9.17, 15) is 14.4 Å². The third-order valence-electron chi connectivity index (χ3n) is 4.76. The fourth-order valence-electron chi connectivity index (χ4n) is 3.21. The molecule has 1 fully saturated rings. The Kier molecular flexibility index (Phi) is 4.38. The average molecular weight is 345 g/mol. The summed E-state index contributed by atoms with van der Waals surface area (Å²) in [5, 5.41) is 2.86. The molecule has 0 radical (unpaired) electrons. The smallest absolute Gasteiger partial charge is 0.316 e. The molecule has 8 heteroatoms. The molecule has 0 saturated carbocycles. The van der Waals surface area contributed by atoms with E-state index in [1.165, 1.54) is 16.1 Å². The van der Waals surface area contributed by atoms with Crippen LogP contribution in [0.2, 0.25) is 0 Å². The van der Waals surface area contributed by atoms with E-state index < -0.39 is 11.1 Å². The summed E-state index contributed by atoms with van der Waals surface area (Å²) in [5.41, 5.74) is 1.63. The largest absolute Gasteiger partial charge is 0.367 e. The number of anilines is 2. The maximum absolute atomic E-state index is 12.1. The van der Waals surface area contributed by atoms with Crippen LogP contribution < -0.4 is 21.3 Å². The minimum absolute atomic E-state index is 0.176. The molecule has 2 aromatic rings. The lowest BCUT2D eigenvalue weighted by Gasteiger charge is -2.35. The van der Waals surface area contributed by atoms with Crippen molar-refractivity contribution >= 4 is 28.3 Å². The van der Waals surface area contributed by atoms with Crippen molar-refractivity contribution in [2.24, 2.45) is 14.1 Å². The highest BCUT2D eigenvalue weighted by atomic mass is 16.2. The van der Waals surface area contributed by atoms with E-state index in [0.717, 1.165) is 31.9 Å². The number of aromatic nitrogens is 2. The fourth-order valence-corrected chi connectivity index (χ4v) is 3.21. The number of amides is 1. The molecule has 0 bridgehead atoms. The van der Waals surface area contributed by atoms with Crippen LogP contribution in [-0.4, -0.2) is 53.2 Å². The molecule has 1 saturated heterocycles. The lowest BCUT2D eigenvalue weighted by molar-refractivity contribution is -0.114. The number of benzene rings is 1. The van der Waals surface area contributed by atoms with Crippen molar-refractivity contribution in [3.8, 4) is 0 Å². The van der Waals surface area contributed by atoms with Gasteiger partial charge in [0, 0.05) is 47.2 Å². The third-order valence-corrected chi connectivity index (χ3v) is 4.76. The minimum Gasteiger partial charge on any atom is -0.367 e. The number of piperazine rings is 1. The van der Waals surface area contributed by atoms with Crippen LogP contribution >= 0.6 is 0 Å². The molecular weight excluding hydrogens is 322 g/mol. The number of aryl methyl sites for hydroxylation is 2. The Morgan fingerprint density at radius 1 is 0.920 bits per heavy atom. The van der Waals surface area contributed by atoms with Crippen LogP contribution in [0.3, 0.4) is 0 Å². The summed E-state index contributed by atoms with van der Waals surface area (Å²) in [6.07, 6.45) is 0. The summed E-state index contributed by atoms with van der Waals surface area (Å²) >= 11 is 0. The van der Waals surface area contributed by atoms with Gasteiger partial charge in [0.1, 0.15) is 0 Å². The van der Waals surface area contributed by atoms with Crippen LogP contribution in [0.15, 0.2) is 21.7 Å². The summed E-state index contributed by atoms with van der Waals surface area (Å²) in [6, 6.07) is 3.65. The van der Waals surface area contributed by atoms with Gasteiger partial charge in [-0.1, -0.05) is 0 Å². The van der Waals surface area contributed by atoms with Crippen molar-refractivity contribution in [2.75, 3.05) is 43.4 Å². The highest BCUT2D eigenvalue weighted by Crippen LogP contribution is 2.31. The Morgan fingerprint density at radius 2 is 1.44 bits per heavy atom. The monoisotopic (exact) mass is 345 g/mol. The van der Waals surface area contributed by atoms with Crippen LogP contribution in [0, 0.1) is 0 Å². The number of hydrogen-bond donors (Lipinski definition) is 1. The average Bonchev–Trinajstić information content (AvgIpc) is 2.58. The number of hydrogen-bond acceptors (Lipinski definition) is 5. The van der Waals surface area contributed by atoms with E-state index in [4.69, 9.17) is 0 Å². The number of likely N-dealkylation sites (N-methyl/N-ethyl adjacent to an activating group) is 1. The van der Waals surface area contributed by atoms with E-state index in [1.807, 2.05) is 6.07 Å². The molecule has 2 heterocycles. The molecule has 0 atom stereocenters. The number of nitrogens with one attached hydrogen (secondary N) is 1. The minimum atomic E-state index is -0.587. The first kappa shape index (κ1) is 17.2. The maximum Gasteiger partial charge on any atom is 0.316 e. The Morgan fingerprint density at radius 3 is 1.96 bits per heavy atom. The van der Waals surface area contributed by atoms with Gasteiger partial charge in [-0.3, -0.25) is 14.4 Å². The van der Waals surface area contributed by atoms with Crippen LogP contribution in [0.1, 0.15) is 6.92 Å². The van der Waals surface area contributed by atoms with Crippen LogP contribution in [0.25, 0.3) is 11.0 Å². The summed E-state index contributed by atoms with van der Waals surface area (Å²) < 4.78 is 2.70. The van der Waals surface area contributed by atoms with Gasteiger partial charge in [-0.15, -0.1) is 0 Å². The lowest BCUT2D eigenvalue weighted by Crippen LogP contribution is -2.45. The van der Waals surface area contributed by atoms with Gasteiger partial charge in [0.15, 0.2) is 0 Å². The fraction of sp³-hybridized carbons (Fsp3) is 0.471. The normalized spacial score (nSPS) is 15.6. The zero-order chi connectivity index (χ0) is 18.3. The second-order valence-electron chi connectivity index (χ2n) is 6.56. The van der Waals surface area contributed by atoms with Crippen molar-refractivity contribution in [2.45, 2.75) is 6.92 Å². The highest BCUT2D eigenvalue weighted by Gasteiger charge is 2.20. The molecule has 1 aromatic heterocycles. The molecule has 0 aliphatic carbocycles. The Bertz CT molecular complexity index is 951. The van der Waals surface area contributed by atoms with Crippen LogP contribution in [-0.2, 0) is 18.9 Å². The molecule has 0 spiro atoms. The number of rotatable bonds is 2. The van der Waals surface area contributed by atoms with Crippen molar-refractivity contribution in [3.05, 3.63) is 32.8 Å². The first-order valence-electron chi connectivity index (χ1n) is 8.24. The Hall–Kier alpha value is -2.61. The van der Waals surface area contributed by atoms with Gasteiger partial charge in [0.25, 0.3) is 0 Å². The molecule has 3 rings (SSSR count).